The maximum Gasteiger partial charge on any atom is 0.288 e. The third kappa shape index (κ3) is 2.65. The van der Waals surface area contributed by atoms with Crippen molar-refractivity contribution in [1.82, 2.24) is 0 Å². The van der Waals surface area contributed by atoms with Crippen LogP contribution in [0.5, 0.6) is 0 Å². The summed E-state index contributed by atoms with van der Waals surface area (Å²) in [6.07, 6.45) is -2.66. The first-order valence-corrected chi connectivity index (χ1v) is 4.77. The molecule has 0 radical (unpaired) electrons. The van der Waals surface area contributed by atoms with Gasteiger partial charge in [0, 0.05) is 12.6 Å². The van der Waals surface area contributed by atoms with E-state index in [1.165, 1.54) is 12.1 Å². The summed E-state index contributed by atoms with van der Waals surface area (Å²) >= 11 is 5.56. The standard InChI is InChI=1S/C9H9ClF2N2O2/c10-7-2-1-5(3-8(7)14(15)16)6(4-13)9(11)12/h1-3,6,9H,4,13H2. The van der Waals surface area contributed by atoms with E-state index in [-0.39, 0.29) is 17.1 Å². The molecular weight excluding hydrogens is 242 g/mol. The van der Waals surface area contributed by atoms with Gasteiger partial charge in [0.25, 0.3) is 5.69 Å². The van der Waals surface area contributed by atoms with E-state index in [0.717, 1.165) is 6.07 Å². The highest BCUT2D eigenvalue weighted by Gasteiger charge is 2.23. The van der Waals surface area contributed by atoms with Gasteiger partial charge < -0.3 is 5.73 Å². The predicted octanol–water partition coefficient (Wildman–Crippen LogP) is 2.56. The van der Waals surface area contributed by atoms with E-state index in [9.17, 15) is 18.9 Å². The van der Waals surface area contributed by atoms with Crippen molar-refractivity contribution < 1.29 is 13.7 Å². The van der Waals surface area contributed by atoms with Gasteiger partial charge in [0.1, 0.15) is 5.02 Å². The fourth-order valence-corrected chi connectivity index (χ4v) is 1.47. The number of hydrogen-bond acceptors (Lipinski definition) is 3. The molecule has 2 N–H and O–H groups in total. The predicted molar refractivity (Wildman–Crippen MR) is 55.9 cm³/mol. The Morgan fingerprint density at radius 3 is 2.56 bits per heavy atom. The van der Waals surface area contributed by atoms with Crippen LogP contribution in [-0.2, 0) is 0 Å². The molecule has 0 aliphatic heterocycles. The van der Waals surface area contributed by atoms with Crippen molar-refractivity contribution in [1.29, 1.82) is 0 Å². The van der Waals surface area contributed by atoms with Crippen molar-refractivity contribution in [2.24, 2.45) is 5.73 Å². The number of benzene rings is 1. The van der Waals surface area contributed by atoms with E-state index < -0.39 is 23.0 Å². The Kier molecular flexibility index (Phi) is 4.14. The molecule has 1 aromatic rings. The SMILES string of the molecule is NCC(c1ccc(Cl)c([N+](=O)[O-])c1)C(F)F. The largest absolute Gasteiger partial charge is 0.330 e. The Balaban J connectivity index is 3.15. The second-order valence-electron chi connectivity index (χ2n) is 3.14. The molecule has 0 aromatic heterocycles. The lowest BCUT2D eigenvalue weighted by Gasteiger charge is -2.13. The molecule has 0 amide bonds. The van der Waals surface area contributed by atoms with Gasteiger partial charge in [-0.1, -0.05) is 17.7 Å². The molecule has 1 atom stereocenters. The number of nitro groups is 1. The quantitative estimate of drug-likeness (QED) is 0.659. The van der Waals surface area contributed by atoms with Gasteiger partial charge in [-0.15, -0.1) is 0 Å². The summed E-state index contributed by atoms with van der Waals surface area (Å²) < 4.78 is 25.1. The number of nitrogens with two attached hydrogens (primary N) is 1. The van der Waals surface area contributed by atoms with Crippen LogP contribution in [0.25, 0.3) is 0 Å². The number of hydrogen-bond donors (Lipinski definition) is 1. The van der Waals surface area contributed by atoms with Crippen molar-refractivity contribution in [3.63, 3.8) is 0 Å². The number of rotatable bonds is 4. The molecule has 0 saturated heterocycles. The Morgan fingerprint density at radius 2 is 2.12 bits per heavy atom. The minimum atomic E-state index is -2.66. The minimum Gasteiger partial charge on any atom is -0.330 e. The third-order valence-electron chi connectivity index (χ3n) is 2.15. The summed E-state index contributed by atoms with van der Waals surface area (Å²) in [4.78, 5) is 9.84. The Bertz CT molecular complexity index is 401. The first-order valence-electron chi connectivity index (χ1n) is 4.39. The summed E-state index contributed by atoms with van der Waals surface area (Å²) in [6, 6.07) is 3.57. The molecule has 7 heteroatoms. The van der Waals surface area contributed by atoms with Crippen LogP contribution in [0.3, 0.4) is 0 Å². The van der Waals surface area contributed by atoms with E-state index >= 15 is 0 Å². The molecule has 1 unspecified atom stereocenters. The van der Waals surface area contributed by atoms with Crippen LogP contribution in [0.1, 0.15) is 11.5 Å². The molecule has 16 heavy (non-hydrogen) atoms. The van der Waals surface area contributed by atoms with Gasteiger partial charge in [-0.3, -0.25) is 10.1 Å². The molecular formula is C9H9ClF2N2O2. The van der Waals surface area contributed by atoms with Crippen LogP contribution in [0, 0.1) is 10.1 Å². The first kappa shape index (κ1) is 12.8. The van der Waals surface area contributed by atoms with Gasteiger partial charge in [0.15, 0.2) is 0 Å². The molecule has 1 aromatic carbocycles. The highest BCUT2D eigenvalue weighted by molar-refractivity contribution is 6.32. The topological polar surface area (TPSA) is 69.2 Å². The lowest BCUT2D eigenvalue weighted by Crippen LogP contribution is -2.19. The average molecular weight is 251 g/mol. The molecule has 0 saturated carbocycles. The average Bonchev–Trinajstić information content (AvgIpc) is 2.20. The van der Waals surface area contributed by atoms with Crippen LogP contribution >= 0.6 is 11.6 Å². The smallest absolute Gasteiger partial charge is 0.288 e. The highest BCUT2D eigenvalue weighted by atomic mass is 35.5. The van der Waals surface area contributed by atoms with Gasteiger partial charge in [-0.05, 0) is 11.6 Å². The van der Waals surface area contributed by atoms with Crippen LogP contribution in [0.4, 0.5) is 14.5 Å². The number of nitrogens with zero attached hydrogens (tertiary/aromatic N) is 1. The van der Waals surface area contributed by atoms with Crippen LogP contribution in [-0.4, -0.2) is 17.9 Å². The number of halogens is 3. The summed E-state index contributed by atoms with van der Waals surface area (Å²) in [5, 5.41) is 10.5. The second-order valence-corrected chi connectivity index (χ2v) is 3.55. The van der Waals surface area contributed by atoms with E-state index in [1.807, 2.05) is 0 Å². The summed E-state index contributed by atoms with van der Waals surface area (Å²) in [6.45, 7) is -0.281. The molecule has 0 heterocycles. The van der Waals surface area contributed by atoms with E-state index in [1.54, 1.807) is 0 Å². The fourth-order valence-electron chi connectivity index (χ4n) is 1.28. The molecule has 0 spiro atoms. The zero-order valence-electron chi connectivity index (χ0n) is 8.07. The Hall–Kier alpha value is -1.27. The monoisotopic (exact) mass is 250 g/mol. The van der Waals surface area contributed by atoms with Crippen molar-refractivity contribution in [3.8, 4) is 0 Å². The molecule has 0 aliphatic rings. The highest BCUT2D eigenvalue weighted by Crippen LogP contribution is 2.30. The van der Waals surface area contributed by atoms with Gasteiger partial charge in [0.05, 0.1) is 10.8 Å². The summed E-state index contributed by atoms with van der Waals surface area (Å²) in [5.41, 5.74) is 4.92. The van der Waals surface area contributed by atoms with Crippen molar-refractivity contribution in [2.75, 3.05) is 6.54 Å². The lowest BCUT2D eigenvalue weighted by molar-refractivity contribution is -0.384. The maximum atomic E-state index is 12.5. The fraction of sp³-hybridized carbons (Fsp3) is 0.333. The minimum absolute atomic E-state index is 0.0845. The molecule has 88 valence electrons. The summed E-state index contributed by atoms with van der Waals surface area (Å²) in [5.74, 6) is -1.21. The van der Waals surface area contributed by atoms with Gasteiger partial charge >= 0.3 is 0 Å². The van der Waals surface area contributed by atoms with E-state index in [0.29, 0.717) is 0 Å². The lowest BCUT2D eigenvalue weighted by atomic mass is 9.99. The maximum absolute atomic E-state index is 12.5. The van der Waals surface area contributed by atoms with E-state index in [2.05, 4.69) is 0 Å². The zero-order valence-corrected chi connectivity index (χ0v) is 8.82. The number of alkyl halides is 2. The second kappa shape index (κ2) is 5.18. The molecule has 4 nitrogen and oxygen atoms in total. The molecule has 1 rings (SSSR count). The number of nitro benzene ring substituents is 1. The normalized spacial score (nSPS) is 12.8. The summed E-state index contributed by atoms with van der Waals surface area (Å²) in [7, 11) is 0. The van der Waals surface area contributed by atoms with Crippen molar-refractivity contribution in [2.45, 2.75) is 12.3 Å². The molecule has 0 fully saturated rings. The van der Waals surface area contributed by atoms with Gasteiger partial charge in [-0.2, -0.15) is 0 Å². The van der Waals surface area contributed by atoms with Crippen molar-refractivity contribution in [3.05, 3.63) is 38.9 Å². The van der Waals surface area contributed by atoms with Crippen molar-refractivity contribution >= 4 is 17.3 Å². The Labute approximate surface area is 95.2 Å². The first-order chi connectivity index (χ1) is 7.47. The van der Waals surface area contributed by atoms with Crippen LogP contribution in [0.15, 0.2) is 18.2 Å². The van der Waals surface area contributed by atoms with Gasteiger partial charge in [0.2, 0.25) is 6.43 Å². The van der Waals surface area contributed by atoms with Crippen LogP contribution < -0.4 is 5.73 Å². The van der Waals surface area contributed by atoms with Crippen LogP contribution in [0.2, 0.25) is 5.02 Å². The molecule has 0 bridgehead atoms. The Morgan fingerprint density at radius 1 is 1.50 bits per heavy atom. The third-order valence-corrected chi connectivity index (χ3v) is 2.47. The zero-order chi connectivity index (χ0) is 12.3. The van der Waals surface area contributed by atoms with E-state index in [4.69, 9.17) is 17.3 Å². The molecule has 0 aliphatic carbocycles. The van der Waals surface area contributed by atoms with Gasteiger partial charge in [-0.25, -0.2) is 8.78 Å².